The lowest BCUT2D eigenvalue weighted by Crippen LogP contribution is -2.14. The molecule has 212 valence electrons. The third-order valence-corrected chi connectivity index (χ3v) is 5.75. The number of carboxylic acids is 1. The molecule has 0 atom stereocenters. The van der Waals surface area contributed by atoms with E-state index in [1.54, 1.807) is 0 Å². The minimum atomic E-state index is -0.852. The molecule has 0 unspecified atom stereocenters. The molecule has 1 aromatic carbocycles. The molecule has 37 heavy (non-hydrogen) atoms. The van der Waals surface area contributed by atoms with Crippen molar-refractivity contribution in [2.24, 2.45) is 0 Å². The van der Waals surface area contributed by atoms with Crippen molar-refractivity contribution in [3.05, 3.63) is 29.8 Å². The highest BCUT2D eigenvalue weighted by atomic mass is 16.6. The van der Waals surface area contributed by atoms with Gasteiger partial charge in [0.15, 0.2) is 0 Å². The van der Waals surface area contributed by atoms with Gasteiger partial charge in [-0.3, -0.25) is 9.59 Å². The summed E-state index contributed by atoms with van der Waals surface area (Å²) in [6.45, 7) is 5.55. The predicted molar refractivity (Wildman–Crippen MR) is 143 cm³/mol. The summed E-state index contributed by atoms with van der Waals surface area (Å²) >= 11 is 0. The first kappa shape index (κ1) is 32.9. The second-order valence-electron chi connectivity index (χ2n) is 9.02. The second-order valence-corrected chi connectivity index (χ2v) is 9.02. The molecule has 8 nitrogen and oxygen atoms in total. The number of hydrogen-bond acceptors (Lipinski definition) is 7. The predicted octanol–water partition coefficient (Wildman–Crippen LogP) is 5.60. The van der Waals surface area contributed by atoms with E-state index in [9.17, 15) is 9.59 Å². The van der Waals surface area contributed by atoms with Gasteiger partial charge in [0.1, 0.15) is 19.0 Å². The summed E-state index contributed by atoms with van der Waals surface area (Å²) in [7, 11) is 0. The van der Waals surface area contributed by atoms with Gasteiger partial charge in [-0.2, -0.15) is 0 Å². The van der Waals surface area contributed by atoms with E-state index < -0.39 is 5.97 Å². The van der Waals surface area contributed by atoms with Crippen molar-refractivity contribution in [1.82, 2.24) is 0 Å². The zero-order valence-electron chi connectivity index (χ0n) is 22.8. The van der Waals surface area contributed by atoms with Gasteiger partial charge in [-0.25, -0.2) is 0 Å². The van der Waals surface area contributed by atoms with E-state index in [1.165, 1.54) is 50.5 Å². The van der Waals surface area contributed by atoms with Gasteiger partial charge in [-0.05, 0) is 43.4 Å². The van der Waals surface area contributed by atoms with Crippen LogP contribution in [0.15, 0.2) is 24.3 Å². The molecule has 0 aliphatic heterocycles. The number of esters is 1. The molecule has 0 aliphatic carbocycles. The number of hydrogen-bond donors (Lipinski definition) is 1. The maximum atomic E-state index is 11.5. The van der Waals surface area contributed by atoms with Crippen LogP contribution in [0.3, 0.4) is 0 Å². The minimum absolute atomic E-state index is 0.0725. The molecule has 0 aliphatic rings. The first-order valence-corrected chi connectivity index (χ1v) is 13.9. The second kappa shape index (κ2) is 24.2. The Kier molecular flexibility index (Phi) is 21.5. The minimum Gasteiger partial charge on any atom is -0.491 e. The number of unbranched alkanes of at least 4 members (excludes halogenated alkanes) is 7. The molecular weight excluding hydrogens is 476 g/mol. The van der Waals surface area contributed by atoms with Crippen molar-refractivity contribution < 1.29 is 38.4 Å². The van der Waals surface area contributed by atoms with Crippen LogP contribution in [0.5, 0.6) is 5.75 Å². The monoisotopic (exact) mass is 524 g/mol. The number of carbonyl (C=O) groups excluding carboxylic acids is 1. The molecule has 0 bridgehead atoms. The van der Waals surface area contributed by atoms with Crippen molar-refractivity contribution in [2.75, 3.05) is 52.9 Å². The number of benzene rings is 1. The van der Waals surface area contributed by atoms with Crippen LogP contribution in [0.25, 0.3) is 0 Å². The van der Waals surface area contributed by atoms with Gasteiger partial charge in [0.2, 0.25) is 0 Å². The van der Waals surface area contributed by atoms with Gasteiger partial charge in [-0.15, -0.1) is 0 Å². The molecule has 1 rings (SSSR count). The Balaban J connectivity index is 1.85. The van der Waals surface area contributed by atoms with Crippen LogP contribution in [0.4, 0.5) is 0 Å². The molecule has 0 amide bonds. The summed E-state index contributed by atoms with van der Waals surface area (Å²) < 4.78 is 27.1. The van der Waals surface area contributed by atoms with E-state index in [0.29, 0.717) is 59.1 Å². The third kappa shape index (κ3) is 21.6. The molecular formula is C29H48O8. The van der Waals surface area contributed by atoms with Crippen LogP contribution >= 0.6 is 0 Å². The van der Waals surface area contributed by atoms with Crippen LogP contribution in [-0.2, 0) is 35.0 Å². The average Bonchev–Trinajstić information content (AvgIpc) is 2.89. The molecule has 1 aromatic rings. The summed E-state index contributed by atoms with van der Waals surface area (Å²) in [6, 6.07) is 8.36. The van der Waals surface area contributed by atoms with E-state index in [0.717, 1.165) is 12.2 Å². The summed E-state index contributed by atoms with van der Waals surface area (Å²) in [4.78, 5) is 21.9. The zero-order valence-corrected chi connectivity index (χ0v) is 22.8. The lowest BCUT2D eigenvalue weighted by Gasteiger charge is -2.09. The molecule has 0 radical (unpaired) electrons. The van der Waals surface area contributed by atoms with Crippen LogP contribution < -0.4 is 4.74 Å². The Bertz CT molecular complexity index is 677. The Labute approximate surface area is 223 Å². The van der Waals surface area contributed by atoms with Gasteiger partial charge in [0.25, 0.3) is 0 Å². The highest BCUT2D eigenvalue weighted by Gasteiger charge is 2.04. The largest absolute Gasteiger partial charge is 0.491 e. The van der Waals surface area contributed by atoms with Crippen LogP contribution in [0, 0.1) is 0 Å². The standard InChI is InChI=1S/C29H48O8/c1-2-3-4-5-6-7-8-11-26-14-16-27(17-15-26)36-24-22-34-20-18-33-19-21-35-23-25-37-29(32)13-10-9-12-28(30)31/h14-17H,2-13,18-25H2,1H3,(H,30,31). The van der Waals surface area contributed by atoms with Gasteiger partial charge < -0.3 is 28.8 Å². The maximum Gasteiger partial charge on any atom is 0.305 e. The fraction of sp³-hybridized carbons (Fsp3) is 0.724. The number of aryl methyl sites for hydroxylation is 1. The number of carboxylic acid groups (broad SMARTS) is 1. The molecule has 0 heterocycles. The average molecular weight is 525 g/mol. The molecule has 1 N–H and O–H groups in total. The Hall–Kier alpha value is -2.16. The van der Waals surface area contributed by atoms with Crippen LogP contribution in [0.1, 0.15) is 83.1 Å². The van der Waals surface area contributed by atoms with E-state index >= 15 is 0 Å². The van der Waals surface area contributed by atoms with Gasteiger partial charge in [-0.1, -0.05) is 57.6 Å². The highest BCUT2D eigenvalue weighted by molar-refractivity contribution is 5.69. The van der Waals surface area contributed by atoms with Gasteiger partial charge in [0, 0.05) is 12.8 Å². The molecule has 0 fully saturated rings. The van der Waals surface area contributed by atoms with Gasteiger partial charge >= 0.3 is 11.9 Å². The maximum absolute atomic E-state index is 11.5. The number of carbonyl (C=O) groups is 2. The van der Waals surface area contributed by atoms with E-state index in [-0.39, 0.29) is 25.4 Å². The SMILES string of the molecule is CCCCCCCCCc1ccc(OCCOCCOCCOCCOC(=O)CCCCC(=O)O)cc1. The van der Waals surface area contributed by atoms with Crippen molar-refractivity contribution in [1.29, 1.82) is 0 Å². The Morgan fingerprint density at radius 3 is 1.81 bits per heavy atom. The molecule has 0 spiro atoms. The Morgan fingerprint density at radius 1 is 0.649 bits per heavy atom. The first-order chi connectivity index (χ1) is 18.1. The van der Waals surface area contributed by atoms with Crippen molar-refractivity contribution in [3.63, 3.8) is 0 Å². The molecule has 8 heteroatoms. The summed E-state index contributed by atoms with van der Waals surface area (Å²) in [5.74, 6) is -0.318. The summed E-state index contributed by atoms with van der Waals surface area (Å²) in [5.41, 5.74) is 1.37. The normalized spacial score (nSPS) is 10.9. The van der Waals surface area contributed by atoms with Crippen molar-refractivity contribution >= 4 is 11.9 Å². The molecule has 0 saturated carbocycles. The summed E-state index contributed by atoms with van der Waals surface area (Å²) in [6.07, 6.45) is 11.7. The number of ether oxygens (including phenoxy) is 5. The lowest BCUT2D eigenvalue weighted by atomic mass is 10.0. The van der Waals surface area contributed by atoms with Crippen molar-refractivity contribution in [3.8, 4) is 5.75 Å². The first-order valence-electron chi connectivity index (χ1n) is 13.9. The summed E-state index contributed by atoms with van der Waals surface area (Å²) in [5, 5.41) is 8.54. The van der Waals surface area contributed by atoms with E-state index in [4.69, 9.17) is 28.8 Å². The van der Waals surface area contributed by atoms with Gasteiger partial charge in [0.05, 0.1) is 39.6 Å². The smallest absolute Gasteiger partial charge is 0.305 e. The fourth-order valence-electron chi connectivity index (χ4n) is 3.63. The van der Waals surface area contributed by atoms with Crippen molar-refractivity contribution in [2.45, 2.75) is 84.0 Å². The molecule has 0 aromatic heterocycles. The zero-order chi connectivity index (χ0) is 26.8. The van der Waals surface area contributed by atoms with Crippen LogP contribution in [0.2, 0.25) is 0 Å². The van der Waals surface area contributed by atoms with E-state index in [1.807, 2.05) is 12.1 Å². The topological polar surface area (TPSA) is 101 Å². The fourth-order valence-corrected chi connectivity index (χ4v) is 3.63. The highest BCUT2D eigenvalue weighted by Crippen LogP contribution is 2.15. The lowest BCUT2D eigenvalue weighted by molar-refractivity contribution is -0.146. The quantitative estimate of drug-likeness (QED) is 0.124. The Morgan fingerprint density at radius 2 is 1.19 bits per heavy atom. The third-order valence-electron chi connectivity index (χ3n) is 5.75. The van der Waals surface area contributed by atoms with Crippen LogP contribution in [-0.4, -0.2) is 69.9 Å². The number of rotatable bonds is 26. The van der Waals surface area contributed by atoms with E-state index in [2.05, 4.69) is 19.1 Å². The number of aliphatic carboxylic acids is 1. The molecule has 0 saturated heterocycles.